The van der Waals surface area contributed by atoms with Gasteiger partial charge in [0, 0.05) is 16.1 Å². The predicted octanol–water partition coefficient (Wildman–Crippen LogP) is 3.20. The molecule has 0 aromatic heterocycles. The minimum atomic E-state index is 0.275. The van der Waals surface area contributed by atoms with E-state index >= 15 is 0 Å². The minimum Gasteiger partial charge on any atom is -0.396 e. The third-order valence-electron chi connectivity index (χ3n) is 2.52. The first-order valence-electron chi connectivity index (χ1n) is 4.28. The van der Waals surface area contributed by atoms with Crippen molar-refractivity contribution in [2.75, 3.05) is 6.61 Å². The van der Waals surface area contributed by atoms with Gasteiger partial charge in [-0.25, -0.2) is 0 Å². The fourth-order valence-corrected chi connectivity index (χ4v) is 2.45. The highest BCUT2D eigenvalue weighted by atomic mass is 79.9. The Labute approximate surface area is 90.9 Å². The lowest BCUT2D eigenvalue weighted by Gasteiger charge is -2.02. The molecule has 0 spiro atoms. The first kappa shape index (κ1) is 9.50. The van der Waals surface area contributed by atoms with Gasteiger partial charge in [0.2, 0.25) is 0 Å². The first-order valence-corrected chi connectivity index (χ1v) is 5.45. The van der Waals surface area contributed by atoms with Crippen molar-refractivity contribution in [1.29, 1.82) is 0 Å². The van der Waals surface area contributed by atoms with Crippen molar-refractivity contribution in [3.05, 3.63) is 33.3 Å². The molecular formula is C10H10BrClO. The molecule has 13 heavy (non-hydrogen) atoms. The Balaban J connectivity index is 2.22. The van der Waals surface area contributed by atoms with Crippen molar-refractivity contribution < 1.29 is 5.11 Å². The van der Waals surface area contributed by atoms with Crippen molar-refractivity contribution in [3.8, 4) is 0 Å². The third-order valence-corrected chi connectivity index (χ3v) is 3.34. The molecule has 1 aliphatic carbocycles. The van der Waals surface area contributed by atoms with E-state index in [1.807, 2.05) is 18.2 Å². The molecule has 0 heterocycles. The van der Waals surface area contributed by atoms with E-state index in [1.54, 1.807) is 0 Å². The SMILES string of the molecule is OCC1CC1c1ccc(Br)cc1Cl. The summed E-state index contributed by atoms with van der Waals surface area (Å²) in [7, 11) is 0. The molecule has 0 radical (unpaired) electrons. The van der Waals surface area contributed by atoms with E-state index in [1.165, 1.54) is 5.56 Å². The van der Waals surface area contributed by atoms with Crippen molar-refractivity contribution in [1.82, 2.24) is 0 Å². The Kier molecular flexibility index (Phi) is 2.63. The maximum atomic E-state index is 8.93. The summed E-state index contributed by atoms with van der Waals surface area (Å²) in [5, 5.41) is 9.73. The standard InChI is InChI=1S/C10H10BrClO/c11-7-1-2-8(10(12)4-7)9-3-6(9)5-13/h1-2,4,6,9,13H,3,5H2. The second-order valence-corrected chi connectivity index (χ2v) is 4.77. The summed E-state index contributed by atoms with van der Waals surface area (Å²) in [4.78, 5) is 0. The Morgan fingerprint density at radius 3 is 2.85 bits per heavy atom. The van der Waals surface area contributed by atoms with E-state index in [9.17, 15) is 0 Å². The van der Waals surface area contributed by atoms with Crippen LogP contribution in [-0.4, -0.2) is 11.7 Å². The largest absolute Gasteiger partial charge is 0.396 e. The zero-order chi connectivity index (χ0) is 9.42. The maximum absolute atomic E-state index is 8.93. The van der Waals surface area contributed by atoms with Gasteiger partial charge in [0.05, 0.1) is 0 Å². The smallest absolute Gasteiger partial charge is 0.0465 e. The molecule has 2 unspecified atom stereocenters. The fourth-order valence-electron chi connectivity index (χ4n) is 1.63. The molecule has 1 aromatic rings. The van der Waals surface area contributed by atoms with Gasteiger partial charge in [0.1, 0.15) is 0 Å². The average Bonchev–Trinajstić information content (AvgIpc) is 2.83. The number of hydrogen-bond acceptors (Lipinski definition) is 1. The molecule has 1 nitrogen and oxygen atoms in total. The summed E-state index contributed by atoms with van der Waals surface area (Å²) < 4.78 is 1.00. The van der Waals surface area contributed by atoms with Gasteiger partial charge in [-0.05, 0) is 36.0 Å². The summed E-state index contributed by atoms with van der Waals surface area (Å²) in [6.45, 7) is 0.275. The van der Waals surface area contributed by atoms with Crippen LogP contribution in [0.1, 0.15) is 17.9 Å². The normalized spacial score (nSPS) is 26.1. The van der Waals surface area contributed by atoms with Crippen molar-refractivity contribution in [2.24, 2.45) is 5.92 Å². The highest BCUT2D eigenvalue weighted by Crippen LogP contribution is 2.49. The summed E-state index contributed by atoms with van der Waals surface area (Å²) in [5.41, 5.74) is 1.17. The molecule has 2 atom stereocenters. The monoisotopic (exact) mass is 260 g/mol. The highest BCUT2D eigenvalue weighted by molar-refractivity contribution is 9.10. The van der Waals surface area contributed by atoms with Gasteiger partial charge in [0.25, 0.3) is 0 Å². The molecule has 0 saturated heterocycles. The van der Waals surface area contributed by atoms with Crippen LogP contribution in [0.5, 0.6) is 0 Å². The Bertz CT molecular complexity index is 327. The summed E-state index contributed by atoms with van der Waals surface area (Å²) >= 11 is 9.44. The zero-order valence-corrected chi connectivity index (χ0v) is 9.35. The van der Waals surface area contributed by atoms with Crippen LogP contribution in [0.15, 0.2) is 22.7 Å². The maximum Gasteiger partial charge on any atom is 0.0465 e. The Morgan fingerprint density at radius 1 is 1.54 bits per heavy atom. The van der Waals surface area contributed by atoms with Crippen LogP contribution < -0.4 is 0 Å². The Morgan fingerprint density at radius 2 is 2.31 bits per heavy atom. The first-order chi connectivity index (χ1) is 6.22. The van der Waals surface area contributed by atoms with Gasteiger partial charge in [-0.2, -0.15) is 0 Å². The minimum absolute atomic E-state index is 0.275. The van der Waals surface area contributed by atoms with Gasteiger partial charge in [-0.1, -0.05) is 33.6 Å². The molecule has 0 bridgehead atoms. The third kappa shape index (κ3) is 1.90. The van der Waals surface area contributed by atoms with Crippen molar-refractivity contribution in [3.63, 3.8) is 0 Å². The molecule has 3 heteroatoms. The fraction of sp³-hybridized carbons (Fsp3) is 0.400. The Hall–Kier alpha value is -0.0500. The average molecular weight is 262 g/mol. The summed E-state index contributed by atoms with van der Waals surface area (Å²) in [6.07, 6.45) is 1.07. The van der Waals surface area contributed by atoms with E-state index in [0.29, 0.717) is 11.8 Å². The van der Waals surface area contributed by atoms with Crippen LogP contribution in [0.25, 0.3) is 0 Å². The second kappa shape index (κ2) is 3.60. The van der Waals surface area contributed by atoms with E-state index < -0.39 is 0 Å². The molecule has 2 rings (SSSR count). The van der Waals surface area contributed by atoms with E-state index in [2.05, 4.69) is 15.9 Å². The number of halogens is 2. The number of hydrogen-bond donors (Lipinski definition) is 1. The molecule has 1 aromatic carbocycles. The lowest BCUT2D eigenvalue weighted by Crippen LogP contribution is -1.89. The predicted molar refractivity (Wildman–Crippen MR) is 57.1 cm³/mol. The number of benzene rings is 1. The molecule has 1 saturated carbocycles. The topological polar surface area (TPSA) is 20.2 Å². The summed E-state index contributed by atoms with van der Waals surface area (Å²) in [5.74, 6) is 0.907. The van der Waals surface area contributed by atoms with Crippen LogP contribution in [0.4, 0.5) is 0 Å². The van der Waals surface area contributed by atoms with Crippen LogP contribution >= 0.6 is 27.5 Å². The molecule has 1 aliphatic rings. The summed E-state index contributed by atoms with van der Waals surface area (Å²) in [6, 6.07) is 5.93. The number of rotatable bonds is 2. The van der Waals surface area contributed by atoms with E-state index in [0.717, 1.165) is 15.9 Å². The van der Waals surface area contributed by atoms with Crippen LogP contribution in [0.3, 0.4) is 0 Å². The quantitative estimate of drug-likeness (QED) is 0.867. The van der Waals surface area contributed by atoms with Crippen LogP contribution in [0, 0.1) is 5.92 Å². The molecule has 70 valence electrons. The van der Waals surface area contributed by atoms with Gasteiger partial charge in [0.15, 0.2) is 0 Å². The van der Waals surface area contributed by atoms with Crippen molar-refractivity contribution >= 4 is 27.5 Å². The number of aliphatic hydroxyl groups is 1. The van der Waals surface area contributed by atoms with Crippen LogP contribution in [-0.2, 0) is 0 Å². The van der Waals surface area contributed by atoms with Crippen LogP contribution in [0.2, 0.25) is 5.02 Å². The van der Waals surface area contributed by atoms with Gasteiger partial charge in [-0.3, -0.25) is 0 Å². The molecular weight excluding hydrogens is 251 g/mol. The van der Waals surface area contributed by atoms with E-state index in [4.69, 9.17) is 16.7 Å². The molecule has 1 fully saturated rings. The number of aliphatic hydroxyl groups excluding tert-OH is 1. The van der Waals surface area contributed by atoms with Gasteiger partial charge < -0.3 is 5.11 Å². The molecule has 0 aliphatic heterocycles. The van der Waals surface area contributed by atoms with Crippen molar-refractivity contribution in [2.45, 2.75) is 12.3 Å². The van der Waals surface area contributed by atoms with Gasteiger partial charge in [-0.15, -0.1) is 0 Å². The second-order valence-electron chi connectivity index (χ2n) is 3.45. The molecule has 1 N–H and O–H groups in total. The zero-order valence-electron chi connectivity index (χ0n) is 7.00. The lowest BCUT2D eigenvalue weighted by atomic mass is 10.1. The van der Waals surface area contributed by atoms with Gasteiger partial charge >= 0.3 is 0 Å². The lowest BCUT2D eigenvalue weighted by molar-refractivity contribution is 0.274. The van der Waals surface area contributed by atoms with E-state index in [-0.39, 0.29) is 6.61 Å². The highest BCUT2D eigenvalue weighted by Gasteiger charge is 2.38. The molecule has 0 amide bonds.